The Kier molecular flexibility index (Phi) is 2.33. The van der Waals surface area contributed by atoms with Crippen LogP contribution in [0.1, 0.15) is 29.1 Å². The van der Waals surface area contributed by atoms with Gasteiger partial charge in [0.2, 0.25) is 0 Å². The topological polar surface area (TPSA) is 17.8 Å². The van der Waals surface area contributed by atoms with Crippen LogP contribution in [0, 0.1) is 0 Å². The zero-order chi connectivity index (χ0) is 10.1. The molecule has 3 heteroatoms. The van der Waals surface area contributed by atoms with E-state index in [4.69, 9.17) is 0 Å². The normalized spacial score (nSPS) is 15.2. The Labute approximate surface area is 93.6 Å². The molecule has 15 heavy (non-hydrogen) atoms. The summed E-state index contributed by atoms with van der Waals surface area (Å²) in [6.45, 7) is 1.000. The van der Waals surface area contributed by atoms with Gasteiger partial charge in [-0.3, -0.25) is 0 Å². The maximum absolute atomic E-state index is 4.50. The van der Waals surface area contributed by atoms with Crippen LogP contribution in [0.4, 0.5) is 0 Å². The standard InChI is InChI=1S/C12H14N2S/c1-2-6-12-11(5-1)13-9-14(12)8-10-4-3-7-15-10/h3-4,7,9H,1-2,5-6,8H2. The molecule has 0 fully saturated rings. The predicted octanol–water partition coefficient (Wildman–Crippen LogP) is 2.87. The van der Waals surface area contributed by atoms with Crippen molar-refractivity contribution < 1.29 is 0 Å². The van der Waals surface area contributed by atoms with Crippen molar-refractivity contribution in [2.45, 2.75) is 32.2 Å². The molecule has 0 N–H and O–H groups in total. The zero-order valence-electron chi connectivity index (χ0n) is 8.65. The lowest BCUT2D eigenvalue weighted by atomic mass is 10.0. The highest BCUT2D eigenvalue weighted by Crippen LogP contribution is 2.21. The first-order valence-corrected chi connectivity index (χ1v) is 6.37. The molecule has 0 aromatic carbocycles. The molecule has 0 spiro atoms. The SMILES string of the molecule is c1csc(Cn2cnc3c2CCCC3)c1. The molecule has 0 saturated carbocycles. The van der Waals surface area contributed by atoms with Gasteiger partial charge >= 0.3 is 0 Å². The molecule has 1 aliphatic rings. The third kappa shape index (κ3) is 1.72. The number of hydrogen-bond donors (Lipinski definition) is 0. The van der Waals surface area contributed by atoms with Gasteiger partial charge in [0.15, 0.2) is 0 Å². The van der Waals surface area contributed by atoms with Crippen molar-refractivity contribution in [2.75, 3.05) is 0 Å². The number of fused-ring (bicyclic) bond motifs is 1. The van der Waals surface area contributed by atoms with Gasteiger partial charge in [0.05, 0.1) is 18.6 Å². The van der Waals surface area contributed by atoms with E-state index >= 15 is 0 Å². The van der Waals surface area contributed by atoms with Crippen LogP contribution in [-0.2, 0) is 19.4 Å². The van der Waals surface area contributed by atoms with Gasteiger partial charge in [-0.25, -0.2) is 4.98 Å². The largest absolute Gasteiger partial charge is 0.329 e. The molecular weight excluding hydrogens is 204 g/mol. The van der Waals surface area contributed by atoms with E-state index in [9.17, 15) is 0 Å². The van der Waals surface area contributed by atoms with Gasteiger partial charge < -0.3 is 4.57 Å². The summed E-state index contributed by atoms with van der Waals surface area (Å²) in [7, 11) is 0. The number of nitrogens with zero attached hydrogens (tertiary/aromatic N) is 2. The summed E-state index contributed by atoms with van der Waals surface area (Å²) in [6.07, 6.45) is 7.02. The second-order valence-corrected chi connectivity index (χ2v) is 5.08. The second-order valence-electron chi connectivity index (χ2n) is 4.05. The molecule has 0 bridgehead atoms. The van der Waals surface area contributed by atoms with Gasteiger partial charge in [-0.2, -0.15) is 0 Å². The van der Waals surface area contributed by atoms with Gasteiger partial charge in [0, 0.05) is 10.6 Å². The van der Waals surface area contributed by atoms with Crippen LogP contribution >= 0.6 is 11.3 Å². The molecule has 0 radical (unpaired) electrons. The number of aromatic nitrogens is 2. The van der Waals surface area contributed by atoms with Crippen molar-refractivity contribution in [3.63, 3.8) is 0 Å². The van der Waals surface area contributed by atoms with Gasteiger partial charge in [0.25, 0.3) is 0 Å². The van der Waals surface area contributed by atoms with E-state index in [2.05, 4.69) is 27.1 Å². The molecule has 3 rings (SSSR count). The molecule has 0 amide bonds. The summed E-state index contributed by atoms with van der Waals surface area (Å²) in [5.74, 6) is 0. The fraction of sp³-hybridized carbons (Fsp3) is 0.417. The first-order chi connectivity index (χ1) is 7.43. The Balaban J connectivity index is 1.89. The lowest BCUT2D eigenvalue weighted by Crippen LogP contribution is -2.08. The van der Waals surface area contributed by atoms with Crippen molar-refractivity contribution in [2.24, 2.45) is 0 Å². The van der Waals surface area contributed by atoms with Gasteiger partial charge in [-0.05, 0) is 37.1 Å². The fourth-order valence-corrected chi connectivity index (χ4v) is 2.94. The van der Waals surface area contributed by atoms with E-state index < -0.39 is 0 Å². The highest BCUT2D eigenvalue weighted by atomic mass is 32.1. The van der Waals surface area contributed by atoms with Gasteiger partial charge in [-0.15, -0.1) is 11.3 Å². The molecule has 0 saturated heterocycles. The quantitative estimate of drug-likeness (QED) is 0.758. The number of rotatable bonds is 2. The van der Waals surface area contributed by atoms with Crippen molar-refractivity contribution in [3.05, 3.63) is 40.1 Å². The first kappa shape index (κ1) is 9.16. The number of aryl methyl sites for hydroxylation is 1. The van der Waals surface area contributed by atoms with Crippen molar-refractivity contribution in [3.8, 4) is 0 Å². The fourth-order valence-electron chi connectivity index (χ4n) is 2.24. The average Bonchev–Trinajstić information content (AvgIpc) is 2.89. The number of thiophene rings is 1. The molecular formula is C12H14N2S. The summed E-state index contributed by atoms with van der Waals surface area (Å²) in [4.78, 5) is 5.92. The Morgan fingerprint density at radius 3 is 3.13 bits per heavy atom. The smallest absolute Gasteiger partial charge is 0.0955 e. The third-order valence-corrected chi connectivity index (χ3v) is 3.88. The summed E-state index contributed by atoms with van der Waals surface area (Å²) in [5.41, 5.74) is 2.80. The highest BCUT2D eigenvalue weighted by molar-refractivity contribution is 7.09. The summed E-state index contributed by atoms with van der Waals surface area (Å²) < 4.78 is 2.32. The zero-order valence-corrected chi connectivity index (χ0v) is 9.46. The second kappa shape index (κ2) is 3.81. The summed E-state index contributed by atoms with van der Waals surface area (Å²) in [6, 6.07) is 4.31. The third-order valence-electron chi connectivity index (χ3n) is 3.02. The average molecular weight is 218 g/mol. The molecule has 2 heterocycles. The first-order valence-electron chi connectivity index (χ1n) is 5.49. The summed E-state index contributed by atoms with van der Waals surface area (Å²) in [5, 5.41) is 2.14. The molecule has 1 aliphatic carbocycles. The van der Waals surface area contributed by atoms with Crippen LogP contribution in [0.2, 0.25) is 0 Å². The molecule has 2 aromatic heterocycles. The summed E-state index contributed by atoms with van der Waals surface area (Å²) >= 11 is 1.82. The van der Waals surface area contributed by atoms with Crippen LogP contribution < -0.4 is 0 Å². The van der Waals surface area contributed by atoms with Crippen molar-refractivity contribution >= 4 is 11.3 Å². The predicted molar refractivity (Wildman–Crippen MR) is 62.3 cm³/mol. The van der Waals surface area contributed by atoms with E-state index in [1.165, 1.54) is 41.9 Å². The Hall–Kier alpha value is -1.09. The number of imidazole rings is 1. The van der Waals surface area contributed by atoms with E-state index in [1.807, 2.05) is 17.7 Å². The Bertz CT molecular complexity index is 442. The Morgan fingerprint density at radius 1 is 1.33 bits per heavy atom. The highest BCUT2D eigenvalue weighted by Gasteiger charge is 2.14. The van der Waals surface area contributed by atoms with Crippen LogP contribution in [-0.4, -0.2) is 9.55 Å². The van der Waals surface area contributed by atoms with Crippen molar-refractivity contribution in [1.82, 2.24) is 9.55 Å². The minimum absolute atomic E-state index is 1.000. The lowest BCUT2D eigenvalue weighted by Gasteiger charge is -2.13. The molecule has 2 nitrogen and oxygen atoms in total. The maximum atomic E-state index is 4.50. The van der Waals surface area contributed by atoms with Crippen LogP contribution in [0.5, 0.6) is 0 Å². The van der Waals surface area contributed by atoms with E-state index in [0.29, 0.717) is 0 Å². The van der Waals surface area contributed by atoms with Gasteiger partial charge in [0.1, 0.15) is 0 Å². The minimum Gasteiger partial charge on any atom is -0.329 e. The van der Waals surface area contributed by atoms with Gasteiger partial charge in [-0.1, -0.05) is 6.07 Å². The van der Waals surface area contributed by atoms with E-state index in [1.54, 1.807) is 0 Å². The molecule has 0 unspecified atom stereocenters. The lowest BCUT2D eigenvalue weighted by molar-refractivity contribution is 0.630. The molecule has 0 aliphatic heterocycles. The van der Waals surface area contributed by atoms with E-state index in [0.717, 1.165) is 6.54 Å². The van der Waals surface area contributed by atoms with Crippen LogP contribution in [0.15, 0.2) is 23.8 Å². The monoisotopic (exact) mass is 218 g/mol. The molecule has 0 atom stereocenters. The van der Waals surface area contributed by atoms with Crippen molar-refractivity contribution in [1.29, 1.82) is 0 Å². The number of hydrogen-bond acceptors (Lipinski definition) is 2. The maximum Gasteiger partial charge on any atom is 0.0955 e. The minimum atomic E-state index is 1.000. The Morgan fingerprint density at radius 2 is 2.27 bits per heavy atom. The van der Waals surface area contributed by atoms with Crippen LogP contribution in [0.25, 0.3) is 0 Å². The molecule has 78 valence electrons. The van der Waals surface area contributed by atoms with E-state index in [-0.39, 0.29) is 0 Å². The molecule has 2 aromatic rings. The van der Waals surface area contributed by atoms with Crippen LogP contribution in [0.3, 0.4) is 0 Å².